The summed E-state index contributed by atoms with van der Waals surface area (Å²) >= 11 is 0. The summed E-state index contributed by atoms with van der Waals surface area (Å²) in [5.41, 5.74) is 0. The number of rotatable bonds is 0. The van der Waals surface area contributed by atoms with Crippen LogP contribution in [0, 0.1) is 0 Å². The van der Waals surface area contributed by atoms with Crippen LogP contribution in [-0.4, -0.2) is 12.2 Å². The molecule has 0 unspecified atom stereocenters. The summed E-state index contributed by atoms with van der Waals surface area (Å²) in [4.78, 5) is 0. The monoisotopic (exact) mass is 226 g/mol. The fourth-order valence-corrected chi connectivity index (χ4v) is 0.642. The van der Waals surface area contributed by atoms with Gasteiger partial charge in [-0.3, -0.25) is 0 Å². The Kier molecular flexibility index (Phi) is 25.6. The van der Waals surface area contributed by atoms with Crippen molar-refractivity contribution >= 4 is 0 Å². The molecule has 0 amide bonds. The predicted molar refractivity (Wildman–Crippen MR) is 53.3 cm³/mol. The Morgan fingerprint density at radius 1 is 0.857 bits per heavy atom. The molecule has 0 aliphatic heterocycles. The number of hydrogen-bond acceptors (Lipinski definition) is 1. The number of aliphatic hydroxyl groups is 1. The van der Waals surface area contributed by atoms with Crippen LogP contribution in [-0.2, 0) is 17.1 Å². The first-order valence-corrected chi connectivity index (χ1v) is 3.78. The van der Waals surface area contributed by atoms with Crippen molar-refractivity contribution in [2.24, 2.45) is 0 Å². The van der Waals surface area contributed by atoms with Crippen LogP contribution in [0.25, 0.3) is 0 Å². The number of aliphatic hydroxyl groups excluding tert-OH is 1. The van der Waals surface area contributed by atoms with E-state index in [9.17, 15) is 0 Å². The molecule has 2 rings (SSSR count). The van der Waals surface area contributed by atoms with Gasteiger partial charge in [0.25, 0.3) is 0 Å². The van der Waals surface area contributed by atoms with Gasteiger partial charge in [0, 0.05) is 24.2 Å². The van der Waals surface area contributed by atoms with Gasteiger partial charge < -0.3 is 36.9 Å². The van der Waals surface area contributed by atoms with Crippen LogP contribution in [0.4, 0.5) is 0 Å². The molecule has 2 aromatic rings. The Labute approximate surface area is 110 Å². The third-order valence-electron chi connectivity index (χ3n) is 1.11. The van der Waals surface area contributed by atoms with Gasteiger partial charge in [-0.15, -0.1) is 0 Å². The third-order valence-corrected chi connectivity index (χ3v) is 1.11. The van der Waals surface area contributed by atoms with Crippen LogP contribution in [0.1, 0.15) is 1.43 Å². The van der Waals surface area contributed by atoms with Crippen LogP contribution in [0.5, 0.6) is 0 Å². The van der Waals surface area contributed by atoms with E-state index in [1.807, 2.05) is 60.7 Å². The fraction of sp³-hybridized carbons (Fsp3) is 0.0909. The maximum Gasteiger partial charge on any atom is 1.00 e. The zero-order valence-corrected chi connectivity index (χ0v) is 9.68. The minimum absolute atomic E-state index is 0. The minimum atomic E-state index is 0. The molecule has 0 atom stereocenters. The maximum absolute atomic E-state index is 7.00. The Bertz CT molecular complexity index is 160. The molecule has 1 nitrogen and oxygen atoms in total. The SMILES string of the molecule is CO.[Fe].[H-].[Li+].[cH-]1[cH-][cH-][cH-][cH-]1.c1cc[cH-]c1. The quantitative estimate of drug-likeness (QED) is 0.475. The van der Waals surface area contributed by atoms with E-state index in [4.69, 9.17) is 5.11 Å². The molecule has 0 aliphatic rings. The summed E-state index contributed by atoms with van der Waals surface area (Å²) in [7, 11) is 1.00. The van der Waals surface area contributed by atoms with Gasteiger partial charge in [-0.2, -0.15) is 18.2 Å². The van der Waals surface area contributed by atoms with Crippen molar-refractivity contribution in [1.82, 2.24) is 0 Å². The second-order valence-corrected chi connectivity index (χ2v) is 1.92. The van der Waals surface area contributed by atoms with Gasteiger partial charge in [-0.25, -0.2) is 12.1 Å². The van der Waals surface area contributed by atoms with Crippen molar-refractivity contribution in [1.29, 1.82) is 0 Å². The summed E-state index contributed by atoms with van der Waals surface area (Å²) < 4.78 is 0. The van der Waals surface area contributed by atoms with Crippen LogP contribution in [0.15, 0.2) is 60.7 Å². The van der Waals surface area contributed by atoms with Crippen molar-refractivity contribution < 1.29 is 42.5 Å². The Morgan fingerprint density at radius 2 is 1.14 bits per heavy atom. The van der Waals surface area contributed by atoms with E-state index in [0.29, 0.717) is 0 Å². The molecule has 14 heavy (non-hydrogen) atoms. The molecule has 0 heterocycles. The maximum atomic E-state index is 7.00. The number of hydrogen-bond donors (Lipinski definition) is 1. The van der Waals surface area contributed by atoms with Crippen molar-refractivity contribution in [2.75, 3.05) is 7.11 Å². The average molecular weight is 226 g/mol. The van der Waals surface area contributed by atoms with E-state index in [1.54, 1.807) is 0 Å². The molecule has 0 fully saturated rings. The smallest absolute Gasteiger partial charge is 1.00 e. The van der Waals surface area contributed by atoms with Gasteiger partial charge in [0.2, 0.25) is 0 Å². The molecular formula is C11H15FeLiO-6. The normalized spacial score (nSPS) is 6.14. The van der Waals surface area contributed by atoms with Crippen molar-refractivity contribution in [3.8, 4) is 0 Å². The molecular weight excluding hydrogens is 211 g/mol. The predicted octanol–water partition coefficient (Wildman–Crippen LogP) is -0.466. The first-order chi connectivity index (χ1) is 6.00. The summed E-state index contributed by atoms with van der Waals surface area (Å²) in [5, 5.41) is 7.00. The molecule has 0 aliphatic carbocycles. The van der Waals surface area contributed by atoms with Gasteiger partial charge in [-0.05, 0) is 0 Å². The van der Waals surface area contributed by atoms with E-state index in [1.165, 1.54) is 0 Å². The summed E-state index contributed by atoms with van der Waals surface area (Å²) in [5.74, 6) is 0. The van der Waals surface area contributed by atoms with Crippen molar-refractivity contribution in [3.63, 3.8) is 0 Å². The zero-order chi connectivity index (χ0) is 9.07. The minimum Gasteiger partial charge on any atom is -1.00 e. The van der Waals surface area contributed by atoms with Gasteiger partial charge in [0.05, 0.1) is 0 Å². The van der Waals surface area contributed by atoms with E-state index >= 15 is 0 Å². The van der Waals surface area contributed by atoms with Crippen LogP contribution in [0.3, 0.4) is 0 Å². The van der Waals surface area contributed by atoms with Crippen molar-refractivity contribution in [2.45, 2.75) is 0 Å². The Balaban J connectivity index is -0.0000000592. The summed E-state index contributed by atoms with van der Waals surface area (Å²) in [6, 6.07) is 20.0. The van der Waals surface area contributed by atoms with E-state index in [-0.39, 0.29) is 37.4 Å². The second-order valence-electron chi connectivity index (χ2n) is 1.92. The first-order valence-electron chi connectivity index (χ1n) is 3.78. The molecule has 1 N–H and O–H groups in total. The molecule has 0 radical (unpaired) electrons. The Hall–Kier alpha value is -0.223. The molecule has 80 valence electrons. The second kappa shape index (κ2) is 18.5. The van der Waals surface area contributed by atoms with E-state index in [0.717, 1.165) is 7.11 Å². The molecule has 3 heteroatoms. The standard InChI is InChI=1S/2C5H5.CH4O.Fe.Li.H/c2*1-2-4-5-3-1;1-2;;;/h2*1-5H;2H,1H3;;;/q-5;-1;;;+1;-1. The van der Waals surface area contributed by atoms with E-state index < -0.39 is 0 Å². The molecule has 2 aromatic carbocycles. The van der Waals surface area contributed by atoms with Crippen LogP contribution >= 0.6 is 0 Å². The average Bonchev–Trinajstić information content (AvgIpc) is 2.87. The molecule has 0 bridgehead atoms. The largest absolute Gasteiger partial charge is 1.00 e. The van der Waals surface area contributed by atoms with Crippen molar-refractivity contribution in [3.05, 3.63) is 60.7 Å². The summed E-state index contributed by atoms with van der Waals surface area (Å²) in [6.07, 6.45) is 0. The molecule has 0 saturated carbocycles. The zero-order valence-electron chi connectivity index (χ0n) is 9.57. The van der Waals surface area contributed by atoms with Crippen LogP contribution < -0.4 is 18.9 Å². The molecule has 0 aromatic heterocycles. The van der Waals surface area contributed by atoms with Gasteiger partial charge >= 0.3 is 18.9 Å². The topological polar surface area (TPSA) is 20.2 Å². The molecule has 0 spiro atoms. The van der Waals surface area contributed by atoms with Crippen LogP contribution in [0.2, 0.25) is 0 Å². The van der Waals surface area contributed by atoms with Gasteiger partial charge in [0.15, 0.2) is 0 Å². The van der Waals surface area contributed by atoms with E-state index in [2.05, 4.69) is 0 Å². The first kappa shape index (κ1) is 19.4. The fourth-order valence-electron chi connectivity index (χ4n) is 0.642. The summed E-state index contributed by atoms with van der Waals surface area (Å²) in [6.45, 7) is 0. The van der Waals surface area contributed by atoms with Gasteiger partial charge in [-0.1, -0.05) is 0 Å². The van der Waals surface area contributed by atoms with Gasteiger partial charge in [0.1, 0.15) is 0 Å². The Morgan fingerprint density at radius 3 is 1.29 bits per heavy atom. The third kappa shape index (κ3) is 14.3. The molecule has 0 saturated heterocycles.